The number of carbonyl (C=O) groups excluding carboxylic acids is 1. The molecular weight excluding hydrogens is 413 g/mol. The van der Waals surface area contributed by atoms with E-state index in [0.717, 1.165) is 5.56 Å². The van der Waals surface area contributed by atoms with Crippen molar-refractivity contribution in [3.8, 4) is 22.6 Å². The van der Waals surface area contributed by atoms with Crippen molar-refractivity contribution < 1.29 is 23.0 Å². The van der Waals surface area contributed by atoms with Gasteiger partial charge in [-0.05, 0) is 36.4 Å². The van der Waals surface area contributed by atoms with Gasteiger partial charge in [-0.15, -0.1) is 0 Å². The number of ether oxygens (including phenoxy) is 1. The molecule has 0 bridgehead atoms. The van der Waals surface area contributed by atoms with Crippen LogP contribution in [0.1, 0.15) is 5.69 Å². The minimum atomic E-state index is -0.411. The van der Waals surface area contributed by atoms with Gasteiger partial charge >= 0.3 is 0 Å². The Kier molecular flexibility index (Phi) is 5.87. The minimum Gasteiger partial charge on any atom is -0.365 e. The Bertz CT molecular complexity index is 1160. The molecule has 0 aliphatic carbocycles. The molecule has 30 heavy (non-hydrogen) atoms. The molecule has 0 aliphatic rings. The summed E-state index contributed by atoms with van der Waals surface area (Å²) >= 11 is 5.96. The molecule has 0 unspecified atom stereocenters. The highest BCUT2D eigenvalue weighted by Crippen LogP contribution is 2.24. The van der Waals surface area contributed by atoms with E-state index in [-0.39, 0.29) is 24.9 Å². The van der Waals surface area contributed by atoms with Crippen LogP contribution in [-0.2, 0) is 16.1 Å². The van der Waals surface area contributed by atoms with Gasteiger partial charge in [0.15, 0.2) is 5.76 Å². The summed E-state index contributed by atoms with van der Waals surface area (Å²) in [4.78, 5) is 12.0. The molecule has 152 valence electrons. The van der Waals surface area contributed by atoms with Crippen LogP contribution in [0.25, 0.3) is 22.6 Å². The summed E-state index contributed by atoms with van der Waals surface area (Å²) < 4.78 is 28.7. The molecule has 9 heteroatoms. The van der Waals surface area contributed by atoms with Crippen molar-refractivity contribution in [3.63, 3.8) is 0 Å². The smallest absolute Gasteiger partial charge is 0.252 e. The minimum absolute atomic E-state index is 0.0717. The third-order valence-corrected chi connectivity index (χ3v) is 4.30. The van der Waals surface area contributed by atoms with E-state index in [0.29, 0.717) is 27.7 Å². The lowest BCUT2D eigenvalue weighted by molar-refractivity contribution is -0.121. The quantitative estimate of drug-likeness (QED) is 0.449. The van der Waals surface area contributed by atoms with E-state index < -0.39 is 5.91 Å². The Morgan fingerprint density at radius 1 is 1.03 bits per heavy atom. The number of benzene rings is 2. The van der Waals surface area contributed by atoms with Gasteiger partial charge in [-0.3, -0.25) is 10.1 Å². The standard InChI is InChI=1S/C21H15ClFN3O4/c22-15-3-1-2-14(8-15)18-10-21(30-26-18)24-20(27)12-28-11-17-9-19(29-25-17)13-4-6-16(23)7-5-13/h1-10H,11-12H2,(H,24,27). The van der Waals surface area contributed by atoms with Crippen molar-refractivity contribution in [3.05, 3.63) is 77.2 Å². The fourth-order valence-corrected chi connectivity index (χ4v) is 2.86. The van der Waals surface area contributed by atoms with E-state index in [1.54, 1.807) is 42.5 Å². The first-order chi connectivity index (χ1) is 14.6. The molecule has 1 N–H and O–H groups in total. The van der Waals surface area contributed by atoms with Crippen LogP contribution in [0.15, 0.2) is 69.7 Å². The molecule has 2 aromatic heterocycles. The largest absolute Gasteiger partial charge is 0.365 e. The maximum absolute atomic E-state index is 13.0. The Morgan fingerprint density at radius 3 is 2.67 bits per heavy atom. The molecule has 2 aromatic carbocycles. The molecule has 4 aromatic rings. The van der Waals surface area contributed by atoms with E-state index in [1.165, 1.54) is 12.1 Å². The van der Waals surface area contributed by atoms with Crippen molar-refractivity contribution >= 4 is 23.4 Å². The van der Waals surface area contributed by atoms with Gasteiger partial charge in [-0.1, -0.05) is 34.0 Å². The lowest BCUT2D eigenvalue weighted by Gasteiger charge is -2.01. The fourth-order valence-electron chi connectivity index (χ4n) is 2.67. The molecule has 0 saturated carbocycles. The highest BCUT2D eigenvalue weighted by Gasteiger charge is 2.12. The molecule has 0 spiro atoms. The van der Waals surface area contributed by atoms with Crippen molar-refractivity contribution in [1.82, 2.24) is 10.3 Å². The number of aromatic nitrogens is 2. The molecule has 7 nitrogen and oxygen atoms in total. The normalized spacial score (nSPS) is 10.9. The molecule has 0 saturated heterocycles. The first-order valence-corrected chi connectivity index (χ1v) is 9.26. The zero-order valence-corrected chi connectivity index (χ0v) is 16.2. The van der Waals surface area contributed by atoms with Crippen LogP contribution in [0, 0.1) is 5.82 Å². The van der Waals surface area contributed by atoms with Crippen LogP contribution < -0.4 is 5.32 Å². The number of hydrogen-bond donors (Lipinski definition) is 1. The number of hydrogen-bond acceptors (Lipinski definition) is 6. The van der Waals surface area contributed by atoms with Crippen LogP contribution in [-0.4, -0.2) is 22.8 Å². The zero-order chi connectivity index (χ0) is 20.9. The fraction of sp³-hybridized carbons (Fsp3) is 0.0952. The Labute approximate surface area is 175 Å². The second-order valence-electron chi connectivity index (χ2n) is 6.32. The highest BCUT2D eigenvalue weighted by molar-refractivity contribution is 6.30. The zero-order valence-electron chi connectivity index (χ0n) is 15.5. The molecular formula is C21H15ClFN3O4. The molecule has 1 amide bonds. The van der Waals surface area contributed by atoms with Gasteiger partial charge in [0.2, 0.25) is 5.88 Å². The second-order valence-corrected chi connectivity index (χ2v) is 6.75. The van der Waals surface area contributed by atoms with Crippen LogP contribution in [0.5, 0.6) is 0 Å². The summed E-state index contributed by atoms with van der Waals surface area (Å²) in [7, 11) is 0. The van der Waals surface area contributed by atoms with Crippen LogP contribution in [0.3, 0.4) is 0 Å². The number of carbonyl (C=O) groups is 1. The lowest BCUT2D eigenvalue weighted by Crippen LogP contribution is -2.17. The number of rotatable bonds is 7. The van der Waals surface area contributed by atoms with E-state index in [9.17, 15) is 9.18 Å². The van der Waals surface area contributed by atoms with E-state index in [4.69, 9.17) is 25.4 Å². The Hall–Kier alpha value is -3.49. The summed E-state index contributed by atoms with van der Waals surface area (Å²) in [6, 6.07) is 16.2. The third kappa shape index (κ3) is 4.91. The summed E-state index contributed by atoms with van der Waals surface area (Å²) in [5.74, 6) is -0.0720. The maximum Gasteiger partial charge on any atom is 0.252 e. The average Bonchev–Trinajstić information content (AvgIpc) is 3.38. The molecule has 0 aliphatic heterocycles. The van der Waals surface area contributed by atoms with Crippen LogP contribution in [0.2, 0.25) is 5.02 Å². The predicted octanol–water partition coefficient (Wildman–Crippen LogP) is 4.94. The van der Waals surface area contributed by atoms with Gasteiger partial charge in [0, 0.05) is 28.3 Å². The Morgan fingerprint density at radius 2 is 1.87 bits per heavy atom. The van der Waals surface area contributed by atoms with Crippen molar-refractivity contribution in [2.75, 3.05) is 11.9 Å². The molecule has 2 heterocycles. The van der Waals surface area contributed by atoms with Gasteiger partial charge in [-0.25, -0.2) is 4.39 Å². The van der Waals surface area contributed by atoms with Crippen LogP contribution in [0.4, 0.5) is 10.3 Å². The number of nitrogens with one attached hydrogen (secondary N) is 1. The summed E-state index contributed by atoms with van der Waals surface area (Å²) in [6.45, 7) is -0.145. The predicted molar refractivity (Wildman–Crippen MR) is 107 cm³/mol. The molecule has 0 atom stereocenters. The van der Waals surface area contributed by atoms with Crippen molar-refractivity contribution in [1.29, 1.82) is 0 Å². The Balaban J connectivity index is 1.27. The van der Waals surface area contributed by atoms with Crippen LogP contribution >= 0.6 is 11.6 Å². The maximum atomic E-state index is 13.0. The highest BCUT2D eigenvalue weighted by atomic mass is 35.5. The average molecular weight is 428 g/mol. The lowest BCUT2D eigenvalue weighted by atomic mass is 10.1. The number of nitrogens with zero attached hydrogens (tertiary/aromatic N) is 2. The van der Waals surface area contributed by atoms with Gasteiger partial charge < -0.3 is 13.8 Å². The van der Waals surface area contributed by atoms with Gasteiger partial charge in [0.25, 0.3) is 5.91 Å². The molecule has 0 radical (unpaired) electrons. The second kappa shape index (κ2) is 8.89. The summed E-state index contributed by atoms with van der Waals surface area (Å²) in [5, 5.41) is 10.9. The first-order valence-electron chi connectivity index (χ1n) is 8.88. The van der Waals surface area contributed by atoms with Crippen molar-refractivity contribution in [2.45, 2.75) is 6.61 Å². The molecule has 4 rings (SSSR count). The third-order valence-electron chi connectivity index (χ3n) is 4.06. The topological polar surface area (TPSA) is 90.4 Å². The summed E-state index contributed by atoms with van der Waals surface area (Å²) in [6.07, 6.45) is 0. The van der Waals surface area contributed by atoms with Gasteiger partial charge in [0.05, 0.1) is 6.61 Å². The van der Waals surface area contributed by atoms with E-state index >= 15 is 0 Å². The SMILES string of the molecule is O=C(COCc1cc(-c2ccc(F)cc2)on1)Nc1cc(-c2cccc(Cl)c2)no1. The van der Waals surface area contributed by atoms with E-state index in [1.807, 2.05) is 6.07 Å². The molecule has 0 fully saturated rings. The van der Waals surface area contributed by atoms with Crippen molar-refractivity contribution in [2.24, 2.45) is 0 Å². The van der Waals surface area contributed by atoms with Gasteiger partial charge in [0.1, 0.15) is 23.8 Å². The first kappa shape index (κ1) is 19.8. The number of amides is 1. The van der Waals surface area contributed by atoms with Gasteiger partial charge in [-0.2, -0.15) is 0 Å². The number of halogens is 2. The monoisotopic (exact) mass is 427 g/mol. The summed E-state index contributed by atoms with van der Waals surface area (Å²) in [5.41, 5.74) is 2.51. The number of anilines is 1. The van der Waals surface area contributed by atoms with E-state index in [2.05, 4.69) is 15.6 Å².